The number of aromatic nitrogens is 2. The largest absolute Gasteiger partial charge is 0.481 e. The zero-order valence-corrected chi connectivity index (χ0v) is 11.6. The summed E-state index contributed by atoms with van der Waals surface area (Å²) in [5, 5.41) is 21.9. The van der Waals surface area contributed by atoms with Crippen LogP contribution in [-0.4, -0.2) is 38.3 Å². The quantitative estimate of drug-likeness (QED) is 0.735. The summed E-state index contributed by atoms with van der Waals surface area (Å²) in [5.41, 5.74) is 2.61. The van der Waals surface area contributed by atoms with Crippen molar-refractivity contribution >= 4 is 17.0 Å². The van der Waals surface area contributed by atoms with Gasteiger partial charge in [0, 0.05) is 19.6 Å². The van der Waals surface area contributed by atoms with Crippen LogP contribution in [0.25, 0.3) is 11.0 Å². The molecule has 6 nitrogen and oxygen atoms in total. The van der Waals surface area contributed by atoms with Crippen molar-refractivity contribution in [2.24, 2.45) is 7.05 Å². The lowest BCUT2D eigenvalue weighted by molar-refractivity contribution is -0.136. The standard InChI is InChI=1S/C14H19N3O3/c1-9(15-6-5-13(18)19)14(20)10-3-4-12-11(7-10)16-8-17(12)2/h3-4,7-9,14-15,20H,5-6H2,1-2H3,(H,18,19). The second kappa shape index (κ2) is 6.02. The third-order valence-electron chi connectivity index (χ3n) is 3.37. The van der Waals surface area contributed by atoms with Crippen molar-refractivity contribution in [3.63, 3.8) is 0 Å². The molecule has 3 N–H and O–H groups in total. The van der Waals surface area contributed by atoms with Crippen LogP contribution in [0.5, 0.6) is 0 Å². The van der Waals surface area contributed by atoms with Gasteiger partial charge < -0.3 is 20.1 Å². The van der Waals surface area contributed by atoms with E-state index in [0.29, 0.717) is 6.54 Å². The van der Waals surface area contributed by atoms with E-state index in [9.17, 15) is 9.90 Å². The fourth-order valence-corrected chi connectivity index (χ4v) is 2.14. The molecule has 1 aromatic carbocycles. The van der Waals surface area contributed by atoms with Crippen LogP contribution in [0.1, 0.15) is 25.0 Å². The normalized spacial score (nSPS) is 14.3. The first kappa shape index (κ1) is 14.5. The molecule has 2 aromatic rings. The zero-order valence-electron chi connectivity index (χ0n) is 11.6. The summed E-state index contributed by atoms with van der Waals surface area (Å²) in [6.07, 6.45) is 1.07. The molecule has 6 heteroatoms. The fourth-order valence-electron chi connectivity index (χ4n) is 2.14. The number of aliphatic hydroxyl groups is 1. The molecule has 0 radical (unpaired) electrons. The Morgan fingerprint density at radius 2 is 2.25 bits per heavy atom. The van der Waals surface area contributed by atoms with Gasteiger partial charge in [-0.05, 0) is 24.6 Å². The molecule has 0 saturated heterocycles. The van der Waals surface area contributed by atoms with Gasteiger partial charge in [0.25, 0.3) is 0 Å². The number of carboxylic acids is 1. The maximum Gasteiger partial charge on any atom is 0.304 e. The molecule has 108 valence electrons. The Bertz CT molecular complexity index is 609. The second-order valence-electron chi connectivity index (χ2n) is 4.94. The van der Waals surface area contributed by atoms with Crippen LogP contribution in [0.2, 0.25) is 0 Å². The number of benzene rings is 1. The van der Waals surface area contributed by atoms with Crippen LogP contribution in [-0.2, 0) is 11.8 Å². The van der Waals surface area contributed by atoms with Crippen molar-refractivity contribution in [1.29, 1.82) is 0 Å². The number of fused-ring (bicyclic) bond motifs is 1. The van der Waals surface area contributed by atoms with Crippen molar-refractivity contribution in [1.82, 2.24) is 14.9 Å². The van der Waals surface area contributed by atoms with Crippen molar-refractivity contribution in [2.75, 3.05) is 6.54 Å². The van der Waals surface area contributed by atoms with Crippen LogP contribution >= 0.6 is 0 Å². The predicted molar refractivity (Wildman–Crippen MR) is 75.4 cm³/mol. The molecular weight excluding hydrogens is 258 g/mol. The van der Waals surface area contributed by atoms with Gasteiger partial charge in [0.15, 0.2) is 0 Å². The highest BCUT2D eigenvalue weighted by molar-refractivity contribution is 5.76. The first-order valence-electron chi connectivity index (χ1n) is 6.53. The number of hydrogen-bond acceptors (Lipinski definition) is 4. The first-order valence-corrected chi connectivity index (χ1v) is 6.53. The number of nitrogens with zero attached hydrogens (tertiary/aromatic N) is 2. The minimum absolute atomic E-state index is 0.0380. The van der Waals surface area contributed by atoms with E-state index in [-0.39, 0.29) is 12.5 Å². The van der Waals surface area contributed by atoms with Crippen LogP contribution in [0.4, 0.5) is 0 Å². The maximum atomic E-state index is 10.5. The molecule has 20 heavy (non-hydrogen) atoms. The maximum absolute atomic E-state index is 10.5. The molecular formula is C14H19N3O3. The van der Waals surface area contributed by atoms with Gasteiger partial charge in [-0.2, -0.15) is 0 Å². The summed E-state index contributed by atoms with van der Waals surface area (Å²) >= 11 is 0. The summed E-state index contributed by atoms with van der Waals surface area (Å²) in [4.78, 5) is 14.7. The summed E-state index contributed by atoms with van der Waals surface area (Å²) in [6.45, 7) is 2.16. The molecule has 0 spiro atoms. The van der Waals surface area contributed by atoms with Crippen molar-refractivity contribution in [3.05, 3.63) is 30.1 Å². The number of aryl methyl sites for hydroxylation is 1. The van der Waals surface area contributed by atoms with Gasteiger partial charge in [-0.15, -0.1) is 0 Å². The molecule has 0 aliphatic rings. The summed E-state index contributed by atoms with van der Waals surface area (Å²) < 4.78 is 1.92. The molecule has 0 saturated carbocycles. The number of hydrogen-bond donors (Lipinski definition) is 3. The highest BCUT2D eigenvalue weighted by atomic mass is 16.4. The predicted octanol–water partition coefficient (Wildman–Crippen LogP) is 1.06. The Balaban J connectivity index is 2.06. The van der Waals surface area contributed by atoms with E-state index < -0.39 is 12.1 Å². The lowest BCUT2D eigenvalue weighted by atomic mass is 10.0. The third-order valence-corrected chi connectivity index (χ3v) is 3.37. The number of rotatable bonds is 6. The summed E-state index contributed by atoms with van der Waals surface area (Å²) in [7, 11) is 1.92. The number of aliphatic carboxylic acids is 1. The molecule has 0 bridgehead atoms. The Labute approximate surface area is 117 Å². The molecule has 0 aliphatic carbocycles. The van der Waals surface area contributed by atoms with E-state index in [0.717, 1.165) is 16.6 Å². The summed E-state index contributed by atoms with van der Waals surface area (Å²) in [6, 6.07) is 5.42. The van der Waals surface area contributed by atoms with Gasteiger partial charge in [0.2, 0.25) is 0 Å². The van der Waals surface area contributed by atoms with Gasteiger partial charge >= 0.3 is 5.97 Å². The Kier molecular flexibility index (Phi) is 4.36. The summed E-state index contributed by atoms with van der Waals surface area (Å²) in [5.74, 6) is -0.853. The van der Waals surface area contributed by atoms with E-state index in [1.54, 1.807) is 6.33 Å². The molecule has 2 rings (SSSR count). The molecule has 1 heterocycles. The minimum Gasteiger partial charge on any atom is -0.481 e. The average molecular weight is 277 g/mol. The van der Waals surface area contributed by atoms with E-state index in [4.69, 9.17) is 5.11 Å². The Morgan fingerprint density at radius 1 is 1.50 bits per heavy atom. The van der Waals surface area contributed by atoms with Gasteiger partial charge in [0.05, 0.1) is 29.9 Å². The van der Waals surface area contributed by atoms with Gasteiger partial charge in [0.1, 0.15) is 0 Å². The fraction of sp³-hybridized carbons (Fsp3) is 0.429. The number of imidazole rings is 1. The van der Waals surface area contributed by atoms with Crippen molar-refractivity contribution in [2.45, 2.75) is 25.5 Å². The number of nitrogens with one attached hydrogen (secondary N) is 1. The smallest absolute Gasteiger partial charge is 0.304 e. The van der Waals surface area contributed by atoms with Crippen LogP contribution in [0.15, 0.2) is 24.5 Å². The van der Waals surface area contributed by atoms with Gasteiger partial charge in [-0.3, -0.25) is 4.79 Å². The minimum atomic E-state index is -0.853. The Morgan fingerprint density at radius 3 is 2.95 bits per heavy atom. The topological polar surface area (TPSA) is 87.4 Å². The van der Waals surface area contributed by atoms with Crippen LogP contribution in [0, 0.1) is 0 Å². The van der Waals surface area contributed by atoms with Crippen LogP contribution in [0.3, 0.4) is 0 Å². The van der Waals surface area contributed by atoms with Crippen molar-refractivity contribution < 1.29 is 15.0 Å². The van der Waals surface area contributed by atoms with Crippen LogP contribution < -0.4 is 5.32 Å². The van der Waals surface area contributed by atoms with E-state index in [1.165, 1.54) is 0 Å². The van der Waals surface area contributed by atoms with Gasteiger partial charge in [-0.25, -0.2) is 4.98 Å². The number of aliphatic hydroxyl groups excluding tert-OH is 1. The monoisotopic (exact) mass is 277 g/mol. The second-order valence-corrected chi connectivity index (χ2v) is 4.94. The molecule has 1 aromatic heterocycles. The highest BCUT2D eigenvalue weighted by Gasteiger charge is 2.17. The molecule has 0 amide bonds. The molecule has 0 aliphatic heterocycles. The molecule has 2 unspecified atom stereocenters. The SMILES string of the molecule is CC(NCCC(=O)O)C(O)c1ccc2c(c1)ncn2C. The Hall–Kier alpha value is -1.92. The zero-order chi connectivity index (χ0) is 14.7. The molecule has 2 atom stereocenters. The average Bonchev–Trinajstić information content (AvgIpc) is 2.78. The van der Waals surface area contributed by atoms with E-state index in [2.05, 4.69) is 10.3 Å². The van der Waals surface area contributed by atoms with Crippen molar-refractivity contribution in [3.8, 4) is 0 Å². The number of carbonyl (C=O) groups is 1. The van der Waals surface area contributed by atoms with Gasteiger partial charge in [-0.1, -0.05) is 6.07 Å². The first-order chi connectivity index (χ1) is 9.49. The number of carboxylic acid groups (broad SMARTS) is 1. The molecule has 0 fully saturated rings. The lowest BCUT2D eigenvalue weighted by Gasteiger charge is -2.20. The highest BCUT2D eigenvalue weighted by Crippen LogP contribution is 2.21. The van der Waals surface area contributed by atoms with E-state index >= 15 is 0 Å². The van der Waals surface area contributed by atoms with E-state index in [1.807, 2.05) is 36.7 Å². The lowest BCUT2D eigenvalue weighted by Crippen LogP contribution is -2.33. The third kappa shape index (κ3) is 3.15.